The van der Waals surface area contributed by atoms with Gasteiger partial charge in [0.25, 0.3) is 0 Å². The first-order valence-corrected chi connectivity index (χ1v) is 5.20. The topological polar surface area (TPSA) is 26.3 Å². The summed E-state index contributed by atoms with van der Waals surface area (Å²) in [7, 11) is 0. The van der Waals surface area contributed by atoms with Crippen molar-refractivity contribution < 1.29 is 22.7 Å². The van der Waals surface area contributed by atoms with E-state index in [2.05, 4.69) is 6.58 Å². The number of carbonyl (C=O) groups is 1. The lowest BCUT2D eigenvalue weighted by atomic mass is 10.1. The molecule has 0 saturated heterocycles. The zero-order valence-corrected chi connectivity index (χ0v) is 10.0. The number of esters is 1. The highest BCUT2D eigenvalue weighted by atomic mass is 19.4. The maximum Gasteiger partial charge on any atom is 0.416 e. The lowest BCUT2D eigenvalue weighted by molar-refractivity contribution is -0.137. The number of alkyl halides is 3. The highest BCUT2D eigenvalue weighted by Crippen LogP contribution is 2.29. The molecule has 0 aliphatic rings. The van der Waals surface area contributed by atoms with E-state index in [1.54, 1.807) is 13.8 Å². The Bertz CT molecular complexity index is 462. The van der Waals surface area contributed by atoms with Crippen molar-refractivity contribution in [3.8, 4) is 0 Å². The Kier molecular flexibility index (Phi) is 3.84. The maximum absolute atomic E-state index is 12.5. The van der Waals surface area contributed by atoms with Crippen LogP contribution in [0.4, 0.5) is 13.2 Å². The molecule has 98 valence electrons. The molecule has 0 aliphatic carbocycles. The van der Waals surface area contributed by atoms with E-state index in [4.69, 9.17) is 4.74 Å². The van der Waals surface area contributed by atoms with Crippen LogP contribution in [0.15, 0.2) is 36.9 Å². The summed E-state index contributed by atoms with van der Waals surface area (Å²) >= 11 is 0. The van der Waals surface area contributed by atoms with Crippen LogP contribution in [-0.2, 0) is 10.9 Å². The van der Waals surface area contributed by atoms with Crippen molar-refractivity contribution >= 4 is 5.97 Å². The largest absolute Gasteiger partial charge is 0.452 e. The van der Waals surface area contributed by atoms with Gasteiger partial charge in [-0.15, -0.1) is 0 Å². The highest BCUT2D eigenvalue weighted by Gasteiger charge is 2.31. The van der Waals surface area contributed by atoms with Crippen LogP contribution < -0.4 is 0 Å². The lowest BCUT2D eigenvalue weighted by Gasteiger charge is -2.20. The fourth-order valence-corrected chi connectivity index (χ4v) is 1.16. The summed E-state index contributed by atoms with van der Waals surface area (Å²) in [4.78, 5) is 11.7. The summed E-state index contributed by atoms with van der Waals surface area (Å²) in [5, 5.41) is 0. The van der Waals surface area contributed by atoms with Crippen LogP contribution in [-0.4, -0.2) is 11.6 Å². The van der Waals surface area contributed by atoms with E-state index < -0.39 is 23.3 Å². The molecule has 0 spiro atoms. The lowest BCUT2D eigenvalue weighted by Crippen LogP contribution is -2.25. The number of benzene rings is 1. The van der Waals surface area contributed by atoms with E-state index in [0.29, 0.717) is 0 Å². The minimum absolute atomic E-state index is 0.139. The molecular formula is C13H13F3O2. The molecule has 1 aromatic carbocycles. The van der Waals surface area contributed by atoms with Crippen molar-refractivity contribution in [3.05, 3.63) is 48.0 Å². The number of hydrogen-bond donors (Lipinski definition) is 0. The van der Waals surface area contributed by atoms with E-state index in [1.165, 1.54) is 18.2 Å². The summed E-state index contributed by atoms with van der Waals surface area (Å²) < 4.78 is 42.4. The summed E-state index contributed by atoms with van der Waals surface area (Å²) in [6, 6.07) is 4.11. The fourth-order valence-electron chi connectivity index (χ4n) is 1.16. The SMILES string of the molecule is C=CC(C)(C)OC(=O)c1cccc(C(F)(F)F)c1. The normalized spacial score (nSPS) is 12.1. The predicted octanol–water partition coefficient (Wildman–Crippen LogP) is 3.83. The van der Waals surface area contributed by atoms with Gasteiger partial charge in [-0.05, 0) is 38.1 Å². The highest BCUT2D eigenvalue weighted by molar-refractivity contribution is 5.90. The Morgan fingerprint density at radius 3 is 2.44 bits per heavy atom. The average molecular weight is 258 g/mol. The number of ether oxygens (including phenoxy) is 1. The van der Waals surface area contributed by atoms with Crippen LogP contribution >= 0.6 is 0 Å². The fraction of sp³-hybridized carbons (Fsp3) is 0.308. The van der Waals surface area contributed by atoms with E-state index in [1.807, 2.05) is 0 Å². The first-order chi connectivity index (χ1) is 8.15. The summed E-state index contributed by atoms with van der Waals surface area (Å²) in [5.41, 5.74) is -1.95. The molecule has 18 heavy (non-hydrogen) atoms. The van der Waals surface area contributed by atoms with E-state index >= 15 is 0 Å². The number of rotatable bonds is 3. The van der Waals surface area contributed by atoms with Gasteiger partial charge < -0.3 is 4.74 Å². The molecule has 0 heterocycles. The molecule has 5 heteroatoms. The van der Waals surface area contributed by atoms with Crippen LogP contribution in [0, 0.1) is 0 Å². The monoisotopic (exact) mass is 258 g/mol. The van der Waals surface area contributed by atoms with Gasteiger partial charge >= 0.3 is 12.1 Å². The molecule has 0 unspecified atom stereocenters. The molecule has 0 bridgehead atoms. The van der Waals surface area contributed by atoms with Crippen molar-refractivity contribution in [2.24, 2.45) is 0 Å². The van der Waals surface area contributed by atoms with E-state index in [-0.39, 0.29) is 5.56 Å². The minimum atomic E-state index is -4.48. The van der Waals surface area contributed by atoms with Gasteiger partial charge in [-0.25, -0.2) is 4.79 Å². The number of halogens is 3. The Hall–Kier alpha value is -1.78. The van der Waals surface area contributed by atoms with Crippen LogP contribution in [0.2, 0.25) is 0 Å². The number of carbonyl (C=O) groups excluding carboxylic acids is 1. The summed E-state index contributed by atoms with van der Waals surface area (Å²) in [5.74, 6) is -0.814. The summed E-state index contributed by atoms with van der Waals surface area (Å²) in [6.07, 6.45) is -3.08. The molecule has 0 amide bonds. The Labute approximate surface area is 103 Å². The predicted molar refractivity (Wildman–Crippen MR) is 61.1 cm³/mol. The second kappa shape index (κ2) is 4.84. The van der Waals surface area contributed by atoms with E-state index in [0.717, 1.165) is 12.1 Å². The van der Waals surface area contributed by atoms with Crippen molar-refractivity contribution in [1.82, 2.24) is 0 Å². The minimum Gasteiger partial charge on any atom is -0.452 e. The molecule has 1 aromatic rings. The first-order valence-electron chi connectivity index (χ1n) is 5.20. The summed E-state index contributed by atoms with van der Waals surface area (Å²) in [6.45, 7) is 6.66. The third-order valence-electron chi connectivity index (χ3n) is 2.27. The first kappa shape index (κ1) is 14.3. The second-order valence-electron chi connectivity index (χ2n) is 4.28. The van der Waals surface area contributed by atoms with Gasteiger partial charge in [-0.1, -0.05) is 12.6 Å². The van der Waals surface area contributed by atoms with Crippen LogP contribution in [0.3, 0.4) is 0 Å². The average Bonchev–Trinajstić information content (AvgIpc) is 2.27. The second-order valence-corrected chi connectivity index (χ2v) is 4.28. The van der Waals surface area contributed by atoms with Gasteiger partial charge in [0.15, 0.2) is 0 Å². The molecule has 0 aliphatic heterocycles. The Balaban J connectivity index is 2.98. The quantitative estimate of drug-likeness (QED) is 0.608. The molecule has 0 fully saturated rings. The molecule has 2 nitrogen and oxygen atoms in total. The molecule has 1 rings (SSSR count). The third-order valence-corrected chi connectivity index (χ3v) is 2.27. The van der Waals surface area contributed by atoms with Gasteiger partial charge in [-0.2, -0.15) is 13.2 Å². The van der Waals surface area contributed by atoms with Crippen molar-refractivity contribution in [3.63, 3.8) is 0 Å². The molecular weight excluding hydrogens is 245 g/mol. The van der Waals surface area contributed by atoms with Gasteiger partial charge in [0.05, 0.1) is 11.1 Å². The van der Waals surface area contributed by atoms with Crippen molar-refractivity contribution in [2.45, 2.75) is 25.6 Å². The third kappa shape index (κ3) is 3.61. The molecule has 0 atom stereocenters. The van der Waals surface area contributed by atoms with Gasteiger partial charge in [0.2, 0.25) is 0 Å². The van der Waals surface area contributed by atoms with Crippen LogP contribution in [0.5, 0.6) is 0 Å². The molecule has 0 saturated carbocycles. The van der Waals surface area contributed by atoms with Gasteiger partial charge in [-0.3, -0.25) is 0 Å². The van der Waals surface area contributed by atoms with Gasteiger partial charge in [0, 0.05) is 0 Å². The van der Waals surface area contributed by atoms with Gasteiger partial charge in [0.1, 0.15) is 5.60 Å². The zero-order chi connectivity index (χ0) is 14.0. The smallest absolute Gasteiger partial charge is 0.416 e. The van der Waals surface area contributed by atoms with E-state index in [9.17, 15) is 18.0 Å². The Morgan fingerprint density at radius 1 is 1.33 bits per heavy atom. The molecule has 0 N–H and O–H groups in total. The molecule has 0 aromatic heterocycles. The zero-order valence-electron chi connectivity index (χ0n) is 10.0. The van der Waals surface area contributed by atoms with Crippen molar-refractivity contribution in [2.75, 3.05) is 0 Å². The Morgan fingerprint density at radius 2 is 1.94 bits per heavy atom. The maximum atomic E-state index is 12.5. The standard InChI is InChI=1S/C13H13F3O2/c1-4-12(2,3)18-11(17)9-6-5-7-10(8-9)13(14,15)16/h4-8H,1H2,2-3H3. The van der Waals surface area contributed by atoms with Crippen LogP contribution in [0.1, 0.15) is 29.8 Å². The van der Waals surface area contributed by atoms with Crippen LogP contribution in [0.25, 0.3) is 0 Å². The number of hydrogen-bond acceptors (Lipinski definition) is 2. The molecule has 0 radical (unpaired) electrons. The van der Waals surface area contributed by atoms with Crippen molar-refractivity contribution in [1.29, 1.82) is 0 Å².